The Morgan fingerprint density at radius 3 is 2.66 bits per heavy atom. The van der Waals surface area contributed by atoms with Gasteiger partial charge >= 0.3 is 0 Å². The van der Waals surface area contributed by atoms with E-state index >= 15 is 0 Å². The number of hydrogen-bond donors (Lipinski definition) is 0. The van der Waals surface area contributed by atoms with Gasteiger partial charge in [-0.1, -0.05) is 13.8 Å². The predicted octanol–water partition coefficient (Wildman–Crippen LogP) is 2.71. The van der Waals surface area contributed by atoms with E-state index in [-0.39, 0.29) is 17.4 Å². The van der Waals surface area contributed by atoms with Crippen molar-refractivity contribution < 1.29 is 4.79 Å². The minimum Gasteiger partial charge on any atom is -0.305 e. The van der Waals surface area contributed by atoms with E-state index in [1.807, 2.05) is 5.38 Å². The van der Waals surface area contributed by atoms with Gasteiger partial charge in [-0.3, -0.25) is 9.69 Å². The predicted molar refractivity (Wildman–Crippen MR) is 119 cm³/mol. The largest absolute Gasteiger partial charge is 0.305 e. The number of thiophene rings is 1. The lowest BCUT2D eigenvalue weighted by Gasteiger charge is -2.36. The van der Waals surface area contributed by atoms with Crippen molar-refractivity contribution in [2.24, 2.45) is 5.41 Å². The van der Waals surface area contributed by atoms with Gasteiger partial charge in [-0.05, 0) is 63.3 Å². The van der Waals surface area contributed by atoms with E-state index in [0.29, 0.717) is 12.1 Å². The van der Waals surface area contributed by atoms with E-state index in [0.717, 1.165) is 37.6 Å². The highest BCUT2D eigenvalue weighted by molar-refractivity contribution is 7.14. The van der Waals surface area contributed by atoms with Gasteiger partial charge in [0.15, 0.2) is 0 Å². The Labute approximate surface area is 179 Å². The smallest absolute Gasteiger partial charge is 0.245 e. The molecule has 0 radical (unpaired) electrons. The van der Waals surface area contributed by atoms with Gasteiger partial charge in [0.05, 0.1) is 11.6 Å². The van der Waals surface area contributed by atoms with E-state index < -0.39 is 0 Å². The average molecular weight is 418 g/mol. The molecule has 1 unspecified atom stereocenters. The van der Waals surface area contributed by atoms with Crippen LogP contribution in [0.2, 0.25) is 0 Å². The molecule has 0 spiro atoms. The van der Waals surface area contributed by atoms with Gasteiger partial charge in [0, 0.05) is 32.7 Å². The molecule has 1 aromatic heterocycles. The van der Waals surface area contributed by atoms with Gasteiger partial charge < -0.3 is 14.7 Å². The number of nitriles is 1. The number of anilines is 1. The van der Waals surface area contributed by atoms with Gasteiger partial charge in [0.1, 0.15) is 11.1 Å². The van der Waals surface area contributed by atoms with E-state index in [1.165, 1.54) is 37.3 Å². The summed E-state index contributed by atoms with van der Waals surface area (Å²) < 4.78 is 0. The van der Waals surface area contributed by atoms with E-state index in [1.54, 1.807) is 11.0 Å². The minimum atomic E-state index is -0.0992. The number of likely N-dealkylation sites (tertiary alicyclic amines) is 1. The first-order valence-electron chi connectivity index (χ1n) is 10.7. The van der Waals surface area contributed by atoms with Gasteiger partial charge in [-0.15, -0.1) is 11.3 Å². The molecule has 2 aliphatic heterocycles. The Morgan fingerprint density at radius 1 is 1.24 bits per heavy atom. The highest BCUT2D eigenvalue weighted by Crippen LogP contribution is 2.32. The number of rotatable bonds is 9. The van der Waals surface area contributed by atoms with Gasteiger partial charge in [0.25, 0.3) is 0 Å². The molecule has 0 aromatic carbocycles. The van der Waals surface area contributed by atoms with Crippen molar-refractivity contribution in [2.45, 2.75) is 39.2 Å². The second kappa shape index (κ2) is 9.57. The number of amides is 1. The first kappa shape index (κ1) is 22.2. The molecular weight excluding hydrogens is 382 g/mol. The zero-order valence-electron chi connectivity index (χ0n) is 18.4. The molecule has 1 atom stereocenters. The summed E-state index contributed by atoms with van der Waals surface area (Å²) in [6.07, 6.45) is 3.50. The Hall–Kier alpha value is -1.46. The normalized spacial score (nSPS) is 20.9. The molecule has 0 aliphatic carbocycles. The molecule has 7 heteroatoms. The molecular formula is C22H35N5OS. The second-order valence-electron chi connectivity index (χ2n) is 9.41. The monoisotopic (exact) mass is 417 g/mol. The SMILES string of the molecule is CN(CCN1CCCC1)CC(C)(C)CN(C)C1CCN(c2sccc2C#N)C1=O. The molecule has 0 bridgehead atoms. The van der Waals surface area contributed by atoms with Crippen LogP contribution < -0.4 is 4.90 Å². The second-order valence-corrected chi connectivity index (χ2v) is 10.3. The van der Waals surface area contributed by atoms with E-state index in [4.69, 9.17) is 0 Å². The summed E-state index contributed by atoms with van der Waals surface area (Å²) in [6, 6.07) is 3.90. The van der Waals surface area contributed by atoms with Crippen molar-refractivity contribution in [1.82, 2.24) is 14.7 Å². The van der Waals surface area contributed by atoms with Crippen molar-refractivity contribution in [2.75, 3.05) is 64.8 Å². The van der Waals surface area contributed by atoms with Crippen LogP contribution in [0.5, 0.6) is 0 Å². The zero-order valence-corrected chi connectivity index (χ0v) is 19.2. The third kappa shape index (κ3) is 5.58. The van der Waals surface area contributed by atoms with Crippen LogP contribution in [0, 0.1) is 16.7 Å². The molecule has 3 rings (SSSR count). The Bertz CT molecular complexity index is 734. The lowest BCUT2D eigenvalue weighted by molar-refractivity contribution is -0.121. The van der Waals surface area contributed by atoms with Gasteiger partial charge in [0.2, 0.25) is 5.91 Å². The maximum Gasteiger partial charge on any atom is 0.245 e. The fraction of sp³-hybridized carbons (Fsp3) is 0.727. The minimum absolute atomic E-state index is 0.0992. The third-order valence-electron chi connectivity index (χ3n) is 6.09. The van der Waals surface area contributed by atoms with Crippen LogP contribution in [0.4, 0.5) is 5.00 Å². The zero-order chi connectivity index (χ0) is 21.0. The van der Waals surface area contributed by atoms with E-state index in [2.05, 4.69) is 48.7 Å². The van der Waals surface area contributed by atoms with Crippen LogP contribution in [0.25, 0.3) is 0 Å². The lowest BCUT2D eigenvalue weighted by Crippen LogP contribution is -2.47. The maximum absolute atomic E-state index is 13.0. The summed E-state index contributed by atoms with van der Waals surface area (Å²) in [4.78, 5) is 22.0. The first-order chi connectivity index (χ1) is 13.8. The van der Waals surface area contributed by atoms with Crippen molar-refractivity contribution >= 4 is 22.2 Å². The van der Waals surface area contributed by atoms with Gasteiger partial charge in [-0.2, -0.15) is 5.26 Å². The van der Waals surface area contributed by atoms with Crippen molar-refractivity contribution in [3.05, 3.63) is 17.0 Å². The van der Waals surface area contributed by atoms with Crippen LogP contribution in [-0.2, 0) is 4.79 Å². The summed E-state index contributed by atoms with van der Waals surface area (Å²) in [6.45, 7) is 11.9. The number of likely N-dealkylation sites (N-methyl/N-ethyl adjacent to an activating group) is 2. The summed E-state index contributed by atoms with van der Waals surface area (Å²) in [5.41, 5.74) is 0.703. The van der Waals surface area contributed by atoms with Crippen LogP contribution in [0.15, 0.2) is 11.4 Å². The van der Waals surface area contributed by atoms with Crippen molar-refractivity contribution in [3.63, 3.8) is 0 Å². The molecule has 2 saturated heterocycles. The fourth-order valence-electron chi connectivity index (χ4n) is 4.83. The summed E-state index contributed by atoms with van der Waals surface area (Å²) in [5.74, 6) is 0.129. The maximum atomic E-state index is 13.0. The Morgan fingerprint density at radius 2 is 1.97 bits per heavy atom. The molecule has 6 nitrogen and oxygen atoms in total. The molecule has 3 heterocycles. The lowest BCUT2D eigenvalue weighted by atomic mass is 9.91. The van der Waals surface area contributed by atoms with Crippen LogP contribution >= 0.6 is 11.3 Å². The highest BCUT2D eigenvalue weighted by atomic mass is 32.1. The quantitative estimate of drug-likeness (QED) is 0.618. The third-order valence-corrected chi connectivity index (χ3v) is 7.03. The van der Waals surface area contributed by atoms with Crippen molar-refractivity contribution in [1.29, 1.82) is 5.26 Å². The number of carbonyl (C=O) groups excluding carboxylic acids is 1. The number of carbonyl (C=O) groups is 1. The van der Waals surface area contributed by atoms with Crippen molar-refractivity contribution in [3.8, 4) is 6.07 Å². The molecule has 0 saturated carbocycles. The van der Waals surface area contributed by atoms with Crippen LogP contribution in [0.3, 0.4) is 0 Å². The Balaban J connectivity index is 1.51. The number of nitrogens with zero attached hydrogens (tertiary/aromatic N) is 5. The molecule has 2 fully saturated rings. The summed E-state index contributed by atoms with van der Waals surface area (Å²) in [5, 5.41) is 12.0. The highest BCUT2D eigenvalue weighted by Gasteiger charge is 2.38. The fourth-order valence-corrected chi connectivity index (χ4v) is 5.72. The van der Waals surface area contributed by atoms with E-state index in [9.17, 15) is 10.1 Å². The molecule has 0 N–H and O–H groups in total. The van der Waals surface area contributed by atoms with Gasteiger partial charge in [-0.25, -0.2) is 0 Å². The summed E-state index contributed by atoms with van der Waals surface area (Å²) in [7, 11) is 4.28. The number of hydrogen-bond acceptors (Lipinski definition) is 6. The Kier molecular flexibility index (Phi) is 7.33. The van der Waals surface area contributed by atoms with Crippen LogP contribution in [-0.4, -0.2) is 86.6 Å². The van der Waals surface area contributed by atoms with Crippen LogP contribution in [0.1, 0.15) is 38.7 Å². The average Bonchev–Trinajstić information content (AvgIpc) is 3.39. The summed E-state index contributed by atoms with van der Waals surface area (Å²) >= 11 is 1.48. The molecule has 29 heavy (non-hydrogen) atoms. The molecule has 1 aromatic rings. The molecule has 160 valence electrons. The molecule has 1 amide bonds. The topological polar surface area (TPSA) is 53.8 Å². The standard InChI is InChI=1S/C22H35N5OS/c1-22(2,16-24(3)12-13-26-9-5-6-10-26)17-25(4)19-7-11-27(20(19)28)21-18(15-23)8-14-29-21/h8,14,19H,5-7,9-13,16-17H2,1-4H3. The first-order valence-corrected chi connectivity index (χ1v) is 11.6. The molecule has 2 aliphatic rings.